The van der Waals surface area contributed by atoms with Crippen molar-refractivity contribution in [1.29, 1.82) is 0 Å². The minimum atomic E-state index is -0.0132. The van der Waals surface area contributed by atoms with Gasteiger partial charge in [-0.15, -0.1) is 10.2 Å². The molecule has 0 radical (unpaired) electrons. The first kappa shape index (κ1) is 12.8. The van der Waals surface area contributed by atoms with Gasteiger partial charge >= 0.3 is 0 Å². The smallest absolute Gasteiger partial charge is 0.203 e. The number of aryl methyl sites for hydroxylation is 1. The van der Waals surface area contributed by atoms with Crippen molar-refractivity contribution in [2.75, 3.05) is 11.9 Å². The topological polar surface area (TPSA) is 75.3 Å². The molecular formula is C12H19N5O. The summed E-state index contributed by atoms with van der Waals surface area (Å²) in [6, 6.07) is -0.0132. The van der Waals surface area contributed by atoms with Gasteiger partial charge in [0.25, 0.3) is 0 Å². The quantitative estimate of drug-likeness (QED) is 0.834. The van der Waals surface area contributed by atoms with E-state index in [-0.39, 0.29) is 12.6 Å². The average Bonchev–Trinajstić information content (AvgIpc) is 2.71. The summed E-state index contributed by atoms with van der Waals surface area (Å²) in [4.78, 5) is 4.27. The van der Waals surface area contributed by atoms with Gasteiger partial charge in [-0.25, -0.2) is 4.98 Å². The van der Waals surface area contributed by atoms with Crippen LogP contribution in [0.3, 0.4) is 0 Å². The van der Waals surface area contributed by atoms with Crippen molar-refractivity contribution in [3.05, 3.63) is 18.2 Å². The number of nitrogens with one attached hydrogen (secondary N) is 1. The molecule has 2 aromatic heterocycles. The molecule has 0 aliphatic rings. The summed E-state index contributed by atoms with van der Waals surface area (Å²) in [6.45, 7) is 6.22. The van der Waals surface area contributed by atoms with Gasteiger partial charge in [-0.3, -0.25) is 4.40 Å². The number of rotatable bonds is 5. The van der Waals surface area contributed by atoms with Crippen molar-refractivity contribution < 1.29 is 5.11 Å². The van der Waals surface area contributed by atoms with Crippen LogP contribution in [-0.2, 0) is 0 Å². The minimum Gasteiger partial charge on any atom is -0.394 e. The highest BCUT2D eigenvalue weighted by atomic mass is 16.3. The summed E-state index contributed by atoms with van der Waals surface area (Å²) < 4.78 is 1.87. The molecule has 0 aliphatic carbocycles. The van der Waals surface area contributed by atoms with E-state index in [1.54, 1.807) is 6.20 Å². The van der Waals surface area contributed by atoms with Crippen molar-refractivity contribution in [2.24, 2.45) is 5.92 Å². The van der Waals surface area contributed by atoms with E-state index in [1.165, 1.54) is 0 Å². The van der Waals surface area contributed by atoms with Crippen LogP contribution in [-0.4, -0.2) is 37.3 Å². The maximum atomic E-state index is 9.38. The fraction of sp³-hybridized carbons (Fsp3) is 0.583. The van der Waals surface area contributed by atoms with E-state index in [0.717, 1.165) is 12.2 Å². The highest BCUT2D eigenvalue weighted by Gasteiger charge is 2.14. The van der Waals surface area contributed by atoms with E-state index >= 15 is 0 Å². The number of fused-ring (bicyclic) bond motifs is 1. The van der Waals surface area contributed by atoms with Gasteiger partial charge in [-0.2, -0.15) is 0 Å². The maximum absolute atomic E-state index is 9.38. The summed E-state index contributed by atoms with van der Waals surface area (Å²) in [6.07, 6.45) is 4.41. The van der Waals surface area contributed by atoms with Crippen LogP contribution in [0.2, 0.25) is 0 Å². The first-order valence-corrected chi connectivity index (χ1v) is 6.15. The van der Waals surface area contributed by atoms with E-state index in [4.69, 9.17) is 0 Å². The molecule has 0 fully saturated rings. The Morgan fingerprint density at radius 3 is 2.83 bits per heavy atom. The number of nitrogens with zero attached hydrogens (tertiary/aromatic N) is 4. The third-order valence-electron chi connectivity index (χ3n) is 2.81. The highest BCUT2D eigenvalue weighted by molar-refractivity contribution is 5.62. The van der Waals surface area contributed by atoms with Crippen LogP contribution in [0, 0.1) is 12.8 Å². The van der Waals surface area contributed by atoms with Gasteiger partial charge in [0.05, 0.1) is 12.6 Å². The molecule has 0 spiro atoms. The molecule has 0 saturated carbocycles. The predicted molar refractivity (Wildman–Crippen MR) is 69.5 cm³/mol. The zero-order valence-corrected chi connectivity index (χ0v) is 11.0. The summed E-state index contributed by atoms with van der Waals surface area (Å²) in [7, 11) is 0. The van der Waals surface area contributed by atoms with E-state index in [2.05, 4.69) is 34.3 Å². The zero-order chi connectivity index (χ0) is 13.1. The fourth-order valence-corrected chi connectivity index (χ4v) is 1.98. The number of hydrogen-bond acceptors (Lipinski definition) is 5. The summed E-state index contributed by atoms with van der Waals surface area (Å²) >= 11 is 0. The molecule has 6 nitrogen and oxygen atoms in total. The molecule has 6 heteroatoms. The Kier molecular flexibility index (Phi) is 3.76. The number of aliphatic hydroxyl groups excluding tert-OH is 1. The van der Waals surface area contributed by atoms with Crippen LogP contribution in [0.15, 0.2) is 12.4 Å². The molecule has 0 aromatic carbocycles. The van der Waals surface area contributed by atoms with Crippen LogP contribution in [0.25, 0.3) is 5.65 Å². The van der Waals surface area contributed by atoms with Gasteiger partial charge in [0, 0.05) is 12.4 Å². The molecule has 98 valence electrons. The number of aliphatic hydroxyl groups is 1. The van der Waals surface area contributed by atoms with E-state index in [9.17, 15) is 5.11 Å². The number of hydrogen-bond donors (Lipinski definition) is 2. The van der Waals surface area contributed by atoms with E-state index < -0.39 is 0 Å². The molecule has 1 unspecified atom stereocenters. The molecule has 1 atom stereocenters. The largest absolute Gasteiger partial charge is 0.394 e. The normalized spacial score (nSPS) is 13.2. The first-order chi connectivity index (χ1) is 8.61. The van der Waals surface area contributed by atoms with Crippen molar-refractivity contribution in [1.82, 2.24) is 19.6 Å². The Morgan fingerprint density at radius 1 is 1.39 bits per heavy atom. The second-order valence-electron chi connectivity index (χ2n) is 4.87. The van der Waals surface area contributed by atoms with Crippen molar-refractivity contribution in [3.8, 4) is 0 Å². The number of anilines is 1. The highest BCUT2D eigenvalue weighted by Crippen LogP contribution is 2.15. The minimum absolute atomic E-state index is 0.0132. The van der Waals surface area contributed by atoms with Gasteiger partial charge in [-0.05, 0) is 19.3 Å². The molecule has 2 N–H and O–H groups in total. The average molecular weight is 249 g/mol. The summed E-state index contributed by atoms with van der Waals surface area (Å²) in [5.41, 5.74) is 0.692. The summed E-state index contributed by atoms with van der Waals surface area (Å²) in [5, 5.41) is 20.7. The SMILES string of the molecule is Cc1nnc2c(NC(CO)CC(C)C)nccn12. The Balaban J connectivity index is 2.25. The van der Waals surface area contributed by atoms with Gasteiger partial charge < -0.3 is 10.4 Å². The second-order valence-corrected chi connectivity index (χ2v) is 4.87. The van der Waals surface area contributed by atoms with Crippen LogP contribution in [0.4, 0.5) is 5.82 Å². The van der Waals surface area contributed by atoms with E-state index in [1.807, 2.05) is 17.5 Å². The number of aromatic nitrogens is 4. The monoisotopic (exact) mass is 249 g/mol. The molecule has 0 amide bonds. The molecule has 0 bridgehead atoms. The van der Waals surface area contributed by atoms with Crippen molar-refractivity contribution in [2.45, 2.75) is 33.2 Å². The van der Waals surface area contributed by atoms with Crippen LogP contribution in [0.5, 0.6) is 0 Å². The Labute approximate surface area is 106 Å². The maximum Gasteiger partial charge on any atom is 0.203 e. The third kappa shape index (κ3) is 2.59. The Bertz CT molecular complexity index is 522. The van der Waals surface area contributed by atoms with Crippen molar-refractivity contribution in [3.63, 3.8) is 0 Å². The van der Waals surface area contributed by atoms with Gasteiger partial charge in [-0.1, -0.05) is 13.8 Å². The molecule has 18 heavy (non-hydrogen) atoms. The summed E-state index contributed by atoms with van der Waals surface area (Å²) in [5.74, 6) is 1.99. The zero-order valence-electron chi connectivity index (χ0n) is 11.0. The Morgan fingerprint density at radius 2 is 2.17 bits per heavy atom. The van der Waals surface area contributed by atoms with Gasteiger partial charge in [0.2, 0.25) is 5.65 Å². The lowest BCUT2D eigenvalue weighted by Crippen LogP contribution is -2.26. The van der Waals surface area contributed by atoms with Gasteiger partial charge in [0.15, 0.2) is 5.82 Å². The van der Waals surface area contributed by atoms with Gasteiger partial charge in [0.1, 0.15) is 5.82 Å². The van der Waals surface area contributed by atoms with E-state index in [0.29, 0.717) is 17.4 Å². The van der Waals surface area contributed by atoms with Crippen LogP contribution < -0.4 is 5.32 Å². The third-order valence-corrected chi connectivity index (χ3v) is 2.81. The lowest BCUT2D eigenvalue weighted by Gasteiger charge is -2.18. The lowest BCUT2D eigenvalue weighted by molar-refractivity contribution is 0.259. The molecule has 2 aromatic rings. The molecular weight excluding hydrogens is 230 g/mol. The van der Waals surface area contributed by atoms with Crippen LogP contribution >= 0.6 is 0 Å². The predicted octanol–water partition coefficient (Wildman–Crippen LogP) is 1.25. The molecule has 0 aliphatic heterocycles. The Hall–Kier alpha value is -1.69. The standard InChI is InChI=1S/C12H19N5O/c1-8(2)6-10(7-18)14-11-12-16-15-9(3)17(12)5-4-13-11/h4-5,8,10,18H,6-7H2,1-3H3,(H,13,14). The lowest BCUT2D eigenvalue weighted by atomic mass is 10.0. The molecule has 2 rings (SSSR count). The van der Waals surface area contributed by atoms with Crippen LogP contribution in [0.1, 0.15) is 26.1 Å². The first-order valence-electron chi connectivity index (χ1n) is 6.15. The fourth-order valence-electron chi connectivity index (χ4n) is 1.98. The molecule has 2 heterocycles. The second kappa shape index (κ2) is 5.30. The molecule has 0 saturated heterocycles. The van der Waals surface area contributed by atoms with Crippen molar-refractivity contribution >= 4 is 11.5 Å².